The monoisotopic (exact) mass is 505 g/mol. The van der Waals surface area contributed by atoms with Crippen LogP contribution in [-0.4, -0.2) is 26.2 Å². The molecule has 0 saturated carbocycles. The minimum Gasteiger partial charge on any atom is -0.489 e. The molecule has 1 aliphatic heterocycles. The lowest BCUT2D eigenvalue weighted by atomic mass is 10.2. The van der Waals surface area contributed by atoms with Gasteiger partial charge in [0.2, 0.25) is 0 Å². The predicted octanol–water partition coefficient (Wildman–Crippen LogP) is 4.12. The first-order valence-corrected chi connectivity index (χ1v) is 8.80. The summed E-state index contributed by atoms with van der Waals surface area (Å²) in [6, 6.07) is 10.2. The van der Waals surface area contributed by atoms with Crippen LogP contribution in [0.4, 0.5) is 4.39 Å². The van der Waals surface area contributed by atoms with Gasteiger partial charge in [0, 0.05) is 26.6 Å². The van der Waals surface area contributed by atoms with E-state index in [1.54, 1.807) is 13.1 Å². The highest BCUT2D eigenvalue weighted by Gasteiger charge is 2.15. The molecule has 0 amide bonds. The standard InChI is InChI=1S/C19H21ClFN3O2.HI/c1-22-19(23-11-13-4-2-5-15(21)8-13)24-12-14-9-16(20)18-17(10-14)25-6-3-7-26-18;/h2,4-5,8-10H,3,6-7,11-12H2,1H3,(H2,22,23,24);1H. The van der Waals surface area contributed by atoms with Gasteiger partial charge >= 0.3 is 0 Å². The second-order valence-electron chi connectivity index (χ2n) is 5.86. The van der Waals surface area contributed by atoms with Crippen molar-refractivity contribution in [3.63, 3.8) is 0 Å². The van der Waals surface area contributed by atoms with E-state index in [9.17, 15) is 4.39 Å². The van der Waals surface area contributed by atoms with Gasteiger partial charge in [-0.1, -0.05) is 23.7 Å². The van der Waals surface area contributed by atoms with E-state index in [0.29, 0.717) is 48.8 Å². The zero-order valence-electron chi connectivity index (χ0n) is 14.9. The highest BCUT2D eigenvalue weighted by molar-refractivity contribution is 14.0. The average Bonchev–Trinajstić information content (AvgIpc) is 2.88. The van der Waals surface area contributed by atoms with Crippen molar-refractivity contribution in [1.29, 1.82) is 0 Å². The predicted molar refractivity (Wildman–Crippen MR) is 116 cm³/mol. The number of benzene rings is 2. The van der Waals surface area contributed by atoms with Crippen molar-refractivity contribution >= 4 is 41.5 Å². The molecule has 2 aromatic carbocycles. The van der Waals surface area contributed by atoms with Gasteiger partial charge in [-0.25, -0.2) is 4.39 Å². The SMILES string of the molecule is CN=C(NCc1cccc(F)c1)NCc1cc(Cl)c2c(c1)OCCCO2.I. The Labute approximate surface area is 180 Å². The van der Waals surface area contributed by atoms with Gasteiger partial charge in [0.05, 0.1) is 18.2 Å². The molecule has 0 radical (unpaired) electrons. The molecule has 0 aliphatic carbocycles. The zero-order chi connectivity index (χ0) is 18.4. The van der Waals surface area contributed by atoms with E-state index in [0.717, 1.165) is 17.5 Å². The molecule has 0 fully saturated rings. The van der Waals surface area contributed by atoms with Crippen LogP contribution in [0.2, 0.25) is 5.02 Å². The van der Waals surface area contributed by atoms with E-state index in [1.165, 1.54) is 12.1 Å². The number of aliphatic imine (C=N–C) groups is 1. The number of guanidine groups is 1. The van der Waals surface area contributed by atoms with E-state index in [4.69, 9.17) is 21.1 Å². The molecule has 1 aliphatic rings. The molecule has 0 atom stereocenters. The van der Waals surface area contributed by atoms with Gasteiger partial charge in [0.15, 0.2) is 17.5 Å². The van der Waals surface area contributed by atoms with Crippen LogP contribution >= 0.6 is 35.6 Å². The average molecular weight is 506 g/mol. The van der Waals surface area contributed by atoms with Crippen molar-refractivity contribution in [1.82, 2.24) is 10.6 Å². The Morgan fingerprint density at radius 2 is 1.85 bits per heavy atom. The molecule has 1 heterocycles. The molecule has 0 aromatic heterocycles. The molecular weight excluding hydrogens is 484 g/mol. The third kappa shape index (κ3) is 6.14. The minimum absolute atomic E-state index is 0. The molecule has 27 heavy (non-hydrogen) atoms. The number of hydrogen-bond acceptors (Lipinski definition) is 3. The van der Waals surface area contributed by atoms with Gasteiger partial charge in [-0.15, -0.1) is 24.0 Å². The largest absolute Gasteiger partial charge is 0.489 e. The maximum atomic E-state index is 13.2. The maximum absolute atomic E-state index is 13.2. The molecule has 5 nitrogen and oxygen atoms in total. The smallest absolute Gasteiger partial charge is 0.191 e. The minimum atomic E-state index is -0.255. The lowest BCUT2D eigenvalue weighted by Gasteiger charge is -2.14. The molecule has 0 saturated heterocycles. The Hall–Kier alpha value is -1.74. The van der Waals surface area contributed by atoms with Crippen LogP contribution in [0.3, 0.4) is 0 Å². The number of rotatable bonds is 4. The Bertz CT molecular complexity index is 805. The molecular formula is C19H22ClFIN3O2. The number of hydrogen-bond donors (Lipinski definition) is 2. The van der Waals surface area contributed by atoms with Crippen LogP contribution in [0, 0.1) is 5.82 Å². The first-order chi connectivity index (χ1) is 12.7. The molecule has 8 heteroatoms. The third-order valence-corrected chi connectivity index (χ3v) is 4.18. The van der Waals surface area contributed by atoms with E-state index < -0.39 is 0 Å². The fourth-order valence-corrected chi connectivity index (χ4v) is 2.91. The van der Waals surface area contributed by atoms with E-state index in [1.807, 2.05) is 18.2 Å². The number of ether oxygens (including phenoxy) is 2. The summed E-state index contributed by atoms with van der Waals surface area (Å²) in [5, 5.41) is 6.90. The normalized spacial score (nSPS) is 13.4. The molecule has 146 valence electrons. The Kier molecular flexibility index (Phi) is 8.43. The quantitative estimate of drug-likeness (QED) is 0.373. The summed E-state index contributed by atoms with van der Waals surface area (Å²) in [5.41, 5.74) is 1.79. The molecule has 2 aromatic rings. The fraction of sp³-hybridized carbons (Fsp3) is 0.316. The second-order valence-corrected chi connectivity index (χ2v) is 6.27. The molecule has 0 unspecified atom stereocenters. The van der Waals surface area contributed by atoms with Gasteiger partial charge < -0.3 is 20.1 Å². The lowest BCUT2D eigenvalue weighted by Crippen LogP contribution is -2.36. The van der Waals surface area contributed by atoms with Gasteiger partial charge in [-0.3, -0.25) is 4.99 Å². The van der Waals surface area contributed by atoms with Crippen molar-refractivity contribution in [3.05, 3.63) is 58.4 Å². The van der Waals surface area contributed by atoms with E-state index in [-0.39, 0.29) is 29.8 Å². The molecule has 3 rings (SSSR count). The van der Waals surface area contributed by atoms with Crippen LogP contribution < -0.4 is 20.1 Å². The van der Waals surface area contributed by atoms with Crippen LogP contribution in [0.25, 0.3) is 0 Å². The highest BCUT2D eigenvalue weighted by Crippen LogP contribution is 2.37. The van der Waals surface area contributed by atoms with E-state index in [2.05, 4.69) is 15.6 Å². The summed E-state index contributed by atoms with van der Waals surface area (Å²) in [5.74, 6) is 1.61. The summed E-state index contributed by atoms with van der Waals surface area (Å²) >= 11 is 6.31. The number of fused-ring (bicyclic) bond motifs is 1. The van der Waals surface area contributed by atoms with Crippen molar-refractivity contribution in [2.75, 3.05) is 20.3 Å². The first kappa shape index (κ1) is 21.6. The number of nitrogens with one attached hydrogen (secondary N) is 2. The van der Waals surface area contributed by atoms with Crippen molar-refractivity contribution in [2.24, 2.45) is 4.99 Å². The summed E-state index contributed by atoms with van der Waals surface area (Å²) in [7, 11) is 1.68. The first-order valence-electron chi connectivity index (χ1n) is 8.42. The Balaban J connectivity index is 0.00000261. The van der Waals surface area contributed by atoms with Gasteiger partial charge in [-0.2, -0.15) is 0 Å². The second kappa shape index (κ2) is 10.6. The number of halogens is 3. The van der Waals surface area contributed by atoms with Crippen LogP contribution in [0.15, 0.2) is 41.4 Å². The molecule has 0 spiro atoms. The summed E-state index contributed by atoms with van der Waals surface area (Å²) in [6.45, 7) is 2.19. The highest BCUT2D eigenvalue weighted by atomic mass is 127. The molecule has 0 bridgehead atoms. The van der Waals surface area contributed by atoms with Crippen LogP contribution in [0.5, 0.6) is 11.5 Å². The summed E-state index contributed by atoms with van der Waals surface area (Å²) < 4.78 is 24.6. The van der Waals surface area contributed by atoms with Gasteiger partial charge in [-0.05, 0) is 35.4 Å². The summed E-state index contributed by atoms with van der Waals surface area (Å²) in [4.78, 5) is 4.18. The lowest BCUT2D eigenvalue weighted by molar-refractivity contribution is 0.297. The van der Waals surface area contributed by atoms with Crippen molar-refractivity contribution in [2.45, 2.75) is 19.5 Å². The zero-order valence-corrected chi connectivity index (χ0v) is 18.0. The topological polar surface area (TPSA) is 54.9 Å². The Morgan fingerprint density at radius 1 is 1.11 bits per heavy atom. The van der Waals surface area contributed by atoms with Crippen molar-refractivity contribution < 1.29 is 13.9 Å². The molecule has 2 N–H and O–H groups in total. The third-order valence-electron chi connectivity index (χ3n) is 3.89. The van der Waals surface area contributed by atoms with Gasteiger partial charge in [0.1, 0.15) is 5.82 Å². The van der Waals surface area contributed by atoms with Crippen LogP contribution in [-0.2, 0) is 13.1 Å². The fourth-order valence-electron chi connectivity index (χ4n) is 2.63. The Morgan fingerprint density at radius 3 is 2.59 bits per heavy atom. The van der Waals surface area contributed by atoms with E-state index >= 15 is 0 Å². The summed E-state index contributed by atoms with van der Waals surface area (Å²) in [6.07, 6.45) is 0.829. The van der Waals surface area contributed by atoms with Gasteiger partial charge in [0.25, 0.3) is 0 Å². The maximum Gasteiger partial charge on any atom is 0.191 e. The number of nitrogens with zero attached hydrogens (tertiary/aromatic N) is 1. The van der Waals surface area contributed by atoms with Crippen molar-refractivity contribution in [3.8, 4) is 11.5 Å². The van der Waals surface area contributed by atoms with Crippen LogP contribution in [0.1, 0.15) is 17.5 Å².